The zero-order valence-electron chi connectivity index (χ0n) is 11.7. The van der Waals surface area contributed by atoms with Crippen LogP contribution in [0.25, 0.3) is 11.1 Å². The van der Waals surface area contributed by atoms with Gasteiger partial charge in [0.1, 0.15) is 0 Å². The van der Waals surface area contributed by atoms with Crippen LogP contribution in [0.15, 0.2) is 84.9 Å². The SMILES string of the molecule is c1ccc(CONc2cccc(-c3ccccc3)c2)cc1. The second kappa shape index (κ2) is 6.73. The predicted octanol–water partition coefficient (Wildman–Crippen LogP) is 4.90. The molecule has 1 N–H and O–H groups in total. The largest absolute Gasteiger partial charge is 0.271 e. The van der Waals surface area contributed by atoms with Gasteiger partial charge in [-0.15, -0.1) is 0 Å². The van der Waals surface area contributed by atoms with Crippen LogP contribution >= 0.6 is 0 Å². The van der Waals surface area contributed by atoms with E-state index in [0.717, 1.165) is 11.3 Å². The van der Waals surface area contributed by atoms with E-state index < -0.39 is 0 Å². The van der Waals surface area contributed by atoms with Crippen molar-refractivity contribution in [2.45, 2.75) is 6.61 Å². The average molecular weight is 275 g/mol. The van der Waals surface area contributed by atoms with E-state index in [4.69, 9.17) is 4.84 Å². The lowest BCUT2D eigenvalue weighted by atomic mass is 10.1. The molecule has 0 heterocycles. The molecule has 3 rings (SSSR count). The van der Waals surface area contributed by atoms with Gasteiger partial charge in [0.15, 0.2) is 0 Å². The van der Waals surface area contributed by atoms with Crippen LogP contribution in [0.1, 0.15) is 5.56 Å². The number of hydrogen-bond acceptors (Lipinski definition) is 2. The Bertz CT molecular complexity index is 680. The van der Waals surface area contributed by atoms with Crippen molar-refractivity contribution in [2.24, 2.45) is 0 Å². The Kier molecular flexibility index (Phi) is 4.30. The van der Waals surface area contributed by atoms with Gasteiger partial charge in [-0.2, -0.15) is 0 Å². The van der Waals surface area contributed by atoms with Crippen molar-refractivity contribution in [1.82, 2.24) is 0 Å². The Labute approximate surface area is 125 Å². The molecule has 2 heteroatoms. The number of nitrogens with one attached hydrogen (secondary N) is 1. The molecule has 0 aliphatic heterocycles. The van der Waals surface area contributed by atoms with Gasteiger partial charge in [0.25, 0.3) is 0 Å². The van der Waals surface area contributed by atoms with Crippen LogP contribution in [0, 0.1) is 0 Å². The molecular weight excluding hydrogens is 258 g/mol. The molecule has 0 saturated heterocycles. The van der Waals surface area contributed by atoms with E-state index in [0.29, 0.717) is 6.61 Å². The average Bonchev–Trinajstić information content (AvgIpc) is 2.57. The number of benzene rings is 3. The van der Waals surface area contributed by atoms with Crippen LogP contribution in [-0.4, -0.2) is 0 Å². The van der Waals surface area contributed by atoms with E-state index in [1.807, 2.05) is 60.7 Å². The third-order valence-corrected chi connectivity index (χ3v) is 3.24. The molecule has 0 saturated carbocycles. The lowest BCUT2D eigenvalue weighted by Crippen LogP contribution is -2.01. The van der Waals surface area contributed by atoms with Crippen LogP contribution in [0.2, 0.25) is 0 Å². The second-order valence-electron chi connectivity index (χ2n) is 4.82. The van der Waals surface area contributed by atoms with E-state index in [2.05, 4.69) is 29.7 Å². The third kappa shape index (κ3) is 3.71. The molecule has 0 fully saturated rings. The fourth-order valence-electron chi connectivity index (χ4n) is 2.17. The van der Waals surface area contributed by atoms with Crippen LogP contribution in [0.4, 0.5) is 5.69 Å². The highest BCUT2D eigenvalue weighted by molar-refractivity contribution is 5.67. The zero-order valence-corrected chi connectivity index (χ0v) is 11.7. The first kappa shape index (κ1) is 13.4. The van der Waals surface area contributed by atoms with Crippen molar-refractivity contribution in [3.05, 3.63) is 90.5 Å². The topological polar surface area (TPSA) is 21.3 Å². The lowest BCUT2D eigenvalue weighted by molar-refractivity contribution is 0.180. The molecule has 0 amide bonds. The minimum absolute atomic E-state index is 0.538. The maximum Gasteiger partial charge on any atom is 0.0996 e. The minimum atomic E-state index is 0.538. The van der Waals surface area contributed by atoms with Crippen LogP contribution in [0.5, 0.6) is 0 Å². The lowest BCUT2D eigenvalue weighted by Gasteiger charge is -2.09. The smallest absolute Gasteiger partial charge is 0.0996 e. The minimum Gasteiger partial charge on any atom is -0.271 e. The second-order valence-corrected chi connectivity index (χ2v) is 4.82. The summed E-state index contributed by atoms with van der Waals surface area (Å²) in [5, 5.41) is 0. The number of rotatable bonds is 5. The van der Waals surface area contributed by atoms with Crippen molar-refractivity contribution < 1.29 is 4.84 Å². The van der Waals surface area contributed by atoms with Crippen LogP contribution < -0.4 is 5.48 Å². The van der Waals surface area contributed by atoms with Crippen LogP contribution in [0.3, 0.4) is 0 Å². The Morgan fingerprint density at radius 2 is 1.33 bits per heavy atom. The molecule has 3 aromatic rings. The summed E-state index contributed by atoms with van der Waals surface area (Å²) < 4.78 is 0. The maximum atomic E-state index is 5.55. The number of anilines is 1. The van der Waals surface area contributed by atoms with Crippen molar-refractivity contribution in [3.8, 4) is 11.1 Å². The summed E-state index contributed by atoms with van der Waals surface area (Å²) in [4.78, 5) is 5.55. The van der Waals surface area contributed by atoms with Crippen LogP contribution in [-0.2, 0) is 11.4 Å². The first-order chi connectivity index (χ1) is 10.4. The molecule has 0 aliphatic carbocycles. The van der Waals surface area contributed by atoms with Crippen molar-refractivity contribution in [2.75, 3.05) is 5.48 Å². The van der Waals surface area contributed by atoms with Gasteiger partial charge in [0.2, 0.25) is 0 Å². The van der Waals surface area contributed by atoms with Crippen molar-refractivity contribution in [3.63, 3.8) is 0 Å². The Morgan fingerprint density at radius 1 is 0.667 bits per heavy atom. The molecule has 0 bridgehead atoms. The predicted molar refractivity (Wildman–Crippen MR) is 86.7 cm³/mol. The molecule has 0 atom stereocenters. The standard InChI is InChI=1S/C19H17NO/c1-3-8-16(9-4-1)15-21-20-19-13-7-12-18(14-19)17-10-5-2-6-11-17/h1-14,20H,15H2. The van der Waals surface area contributed by atoms with E-state index >= 15 is 0 Å². The Hall–Kier alpha value is -2.58. The zero-order chi connectivity index (χ0) is 14.3. The highest BCUT2D eigenvalue weighted by atomic mass is 16.6. The normalized spacial score (nSPS) is 10.3. The Morgan fingerprint density at radius 3 is 2.10 bits per heavy atom. The molecule has 0 aromatic heterocycles. The summed E-state index contributed by atoms with van der Waals surface area (Å²) in [5.41, 5.74) is 7.47. The van der Waals surface area contributed by atoms with Gasteiger partial charge in [-0.25, -0.2) is 0 Å². The summed E-state index contributed by atoms with van der Waals surface area (Å²) in [7, 11) is 0. The molecule has 21 heavy (non-hydrogen) atoms. The van der Waals surface area contributed by atoms with Crippen molar-refractivity contribution in [1.29, 1.82) is 0 Å². The summed E-state index contributed by atoms with van der Waals surface area (Å²) in [6.45, 7) is 0.538. The van der Waals surface area contributed by atoms with Gasteiger partial charge in [0, 0.05) is 0 Å². The summed E-state index contributed by atoms with van der Waals surface area (Å²) in [6, 6.07) is 28.6. The first-order valence-electron chi connectivity index (χ1n) is 6.99. The summed E-state index contributed by atoms with van der Waals surface area (Å²) >= 11 is 0. The van der Waals surface area contributed by atoms with E-state index in [-0.39, 0.29) is 0 Å². The van der Waals surface area contributed by atoms with E-state index in [9.17, 15) is 0 Å². The van der Waals surface area contributed by atoms with Gasteiger partial charge < -0.3 is 0 Å². The molecule has 0 radical (unpaired) electrons. The maximum absolute atomic E-state index is 5.55. The number of hydrogen-bond donors (Lipinski definition) is 1. The molecule has 104 valence electrons. The highest BCUT2D eigenvalue weighted by Crippen LogP contribution is 2.22. The van der Waals surface area contributed by atoms with Gasteiger partial charge in [0.05, 0.1) is 12.3 Å². The molecule has 3 aromatic carbocycles. The highest BCUT2D eigenvalue weighted by Gasteiger charge is 1.99. The summed E-state index contributed by atoms with van der Waals surface area (Å²) in [5.74, 6) is 0. The monoisotopic (exact) mass is 275 g/mol. The van der Waals surface area contributed by atoms with Gasteiger partial charge in [-0.3, -0.25) is 10.3 Å². The fraction of sp³-hybridized carbons (Fsp3) is 0.0526. The molecule has 0 aliphatic rings. The molecule has 0 unspecified atom stereocenters. The molecular formula is C19H17NO. The van der Waals surface area contributed by atoms with E-state index in [1.165, 1.54) is 11.1 Å². The first-order valence-corrected chi connectivity index (χ1v) is 6.99. The molecule has 2 nitrogen and oxygen atoms in total. The van der Waals surface area contributed by atoms with Gasteiger partial charge in [-0.1, -0.05) is 72.8 Å². The fourth-order valence-corrected chi connectivity index (χ4v) is 2.17. The van der Waals surface area contributed by atoms with Gasteiger partial charge >= 0.3 is 0 Å². The van der Waals surface area contributed by atoms with Crippen molar-refractivity contribution >= 4 is 5.69 Å². The Balaban J connectivity index is 1.64. The molecule has 0 spiro atoms. The quantitative estimate of drug-likeness (QED) is 0.669. The van der Waals surface area contributed by atoms with Gasteiger partial charge in [-0.05, 0) is 28.8 Å². The van der Waals surface area contributed by atoms with E-state index in [1.54, 1.807) is 0 Å². The summed E-state index contributed by atoms with van der Waals surface area (Å²) in [6.07, 6.45) is 0. The third-order valence-electron chi connectivity index (χ3n) is 3.24.